The van der Waals surface area contributed by atoms with Crippen molar-refractivity contribution in [1.29, 1.82) is 0 Å². The Morgan fingerprint density at radius 3 is 2.55 bits per heavy atom. The molecule has 0 aliphatic rings. The summed E-state index contributed by atoms with van der Waals surface area (Å²) < 4.78 is 4.77. The average molecular weight is 154 g/mol. The number of ether oxygens (including phenoxy) is 1. The molecule has 0 fully saturated rings. The van der Waals surface area contributed by atoms with Crippen LogP contribution in [-0.2, 0) is 9.53 Å². The van der Waals surface area contributed by atoms with E-state index in [0.717, 1.165) is 0 Å². The normalized spacial score (nSPS) is 10.4. The van der Waals surface area contributed by atoms with Gasteiger partial charge in [0.25, 0.3) is 0 Å². The first-order chi connectivity index (χ1) is 5.20. The van der Waals surface area contributed by atoms with Crippen LogP contribution in [0.2, 0.25) is 0 Å². The fraction of sp³-hybridized carbons (Fsp3) is 0.125. The van der Waals surface area contributed by atoms with E-state index in [1.54, 1.807) is 0 Å². The molecule has 0 saturated carbocycles. The van der Waals surface area contributed by atoms with Gasteiger partial charge in [0.2, 0.25) is 0 Å². The molecule has 0 aromatic heterocycles. The SMILES string of the molecule is C=C/C=C(\C=C)OCC(=O)O. The zero-order valence-electron chi connectivity index (χ0n) is 6.12. The van der Waals surface area contributed by atoms with Crippen LogP contribution in [0.15, 0.2) is 37.1 Å². The van der Waals surface area contributed by atoms with E-state index in [1.165, 1.54) is 18.2 Å². The van der Waals surface area contributed by atoms with Gasteiger partial charge in [-0.05, 0) is 12.2 Å². The third-order valence-corrected chi connectivity index (χ3v) is 0.846. The second-order valence-corrected chi connectivity index (χ2v) is 1.69. The van der Waals surface area contributed by atoms with E-state index in [1.807, 2.05) is 0 Å². The highest BCUT2D eigenvalue weighted by molar-refractivity contribution is 5.68. The smallest absolute Gasteiger partial charge is 0.341 e. The number of rotatable bonds is 5. The van der Waals surface area contributed by atoms with Gasteiger partial charge in [-0.2, -0.15) is 0 Å². The molecule has 0 aromatic carbocycles. The van der Waals surface area contributed by atoms with Crippen LogP contribution in [0.4, 0.5) is 0 Å². The number of carboxylic acid groups (broad SMARTS) is 1. The number of carbonyl (C=O) groups is 1. The third kappa shape index (κ3) is 4.96. The lowest BCUT2D eigenvalue weighted by atomic mass is 10.4. The van der Waals surface area contributed by atoms with E-state index < -0.39 is 5.97 Å². The Balaban J connectivity index is 3.88. The number of hydrogen-bond donors (Lipinski definition) is 1. The van der Waals surface area contributed by atoms with Crippen LogP contribution in [0, 0.1) is 0 Å². The lowest BCUT2D eigenvalue weighted by Crippen LogP contribution is -2.05. The van der Waals surface area contributed by atoms with Crippen molar-refractivity contribution in [3.05, 3.63) is 37.1 Å². The Hall–Kier alpha value is -1.51. The van der Waals surface area contributed by atoms with Crippen LogP contribution in [0.1, 0.15) is 0 Å². The van der Waals surface area contributed by atoms with Crippen molar-refractivity contribution in [2.24, 2.45) is 0 Å². The molecule has 0 saturated heterocycles. The summed E-state index contributed by atoms with van der Waals surface area (Å²) in [7, 11) is 0. The van der Waals surface area contributed by atoms with Crippen molar-refractivity contribution in [2.75, 3.05) is 6.61 Å². The summed E-state index contributed by atoms with van der Waals surface area (Å²) in [6, 6.07) is 0. The van der Waals surface area contributed by atoms with Crippen molar-refractivity contribution in [3.63, 3.8) is 0 Å². The second kappa shape index (κ2) is 5.29. The van der Waals surface area contributed by atoms with Crippen LogP contribution in [0.5, 0.6) is 0 Å². The summed E-state index contributed by atoms with van der Waals surface area (Å²) in [5.74, 6) is -0.607. The van der Waals surface area contributed by atoms with Crippen molar-refractivity contribution in [2.45, 2.75) is 0 Å². The highest BCUT2D eigenvalue weighted by Crippen LogP contribution is 1.97. The van der Waals surface area contributed by atoms with Crippen LogP contribution < -0.4 is 0 Å². The zero-order chi connectivity index (χ0) is 8.69. The van der Waals surface area contributed by atoms with E-state index in [4.69, 9.17) is 9.84 Å². The molecule has 0 radical (unpaired) electrons. The van der Waals surface area contributed by atoms with Crippen LogP contribution >= 0.6 is 0 Å². The third-order valence-electron chi connectivity index (χ3n) is 0.846. The monoisotopic (exact) mass is 154 g/mol. The van der Waals surface area contributed by atoms with E-state index >= 15 is 0 Å². The summed E-state index contributed by atoms with van der Waals surface area (Å²) in [6.45, 7) is 6.49. The van der Waals surface area contributed by atoms with Gasteiger partial charge in [-0.3, -0.25) is 0 Å². The Morgan fingerprint density at radius 2 is 2.18 bits per heavy atom. The zero-order valence-corrected chi connectivity index (χ0v) is 6.12. The van der Waals surface area contributed by atoms with Crippen molar-refractivity contribution >= 4 is 5.97 Å². The van der Waals surface area contributed by atoms with Gasteiger partial charge in [0.15, 0.2) is 6.61 Å². The molecule has 3 nitrogen and oxygen atoms in total. The maximum absolute atomic E-state index is 10.0. The number of allylic oxidation sites excluding steroid dienone is 3. The largest absolute Gasteiger partial charge is 0.482 e. The molecule has 60 valence electrons. The van der Waals surface area contributed by atoms with Gasteiger partial charge in [0.1, 0.15) is 5.76 Å². The standard InChI is InChI=1S/C8H10O3/c1-3-5-7(4-2)11-6-8(9)10/h3-5H,1-2,6H2,(H,9,10)/b7-5+. The van der Waals surface area contributed by atoms with Gasteiger partial charge in [-0.15, -0.1) is 0 Å². The molecule has 0 atom stereocenters. The molecule has 0 aliphatic carbocycles. The van der Waals surface area contributed by atoms with Gasteiger partial charge in [0.05, 0.1) is 0 Å². The first-order valence-corrected chi connectivity index (χ1v) is 3.00. The molecule has 0 amide bonds. The van der Waals surface area contributed by atoms with Gasteiger partial charge in [-0.25, -0.2) is 4.79 Å². The molecule has 0 aromatic rings. The first kappa shape index (κ1) is 9.49. The molecule has 3 heteroatoms. The fourth-order valence-electron chi connectivity index (χ4n) is 0.436. The second-order valence-electron chi connectivity index (χ2n) is 1.69. The minimum Gasteiger partial charge on any atom is -0.482 e. The minimum atomic E-state index is -1.01. The van der Waals surface area contributed by atoms with Gasteiger partial charge < -0.3 is 9.84 Å². The molecule has 11 heavy (non-hydrogen) atoms. The Labute approximate surface area is 65.3 Å². The Morgan fingerprint density at radius 1 is 1.55 bits per heavy atom. The maximum Gasteiger partial charge on any atom is 0.341 e. The van der Waals surface area contributed by atoms with Gasteiger partial charge >= 0.3 is 5.97 Å². The molecule has 0 aliphatic heterocycles. The van der Waals surface area contributed by atoms with Gasteiger partial charge in [-0.1, -0.05) is 19.2 Å². The molecular weight excluding hydrogens is 144 g/mol. The van der Waals surface area contributed by atoms with Crippen LogP contribution in [0.3, 0.4) is 0 Å². The molecule has 0 heterocycles. The number of hydrogen-bond acceptors (Lipinski definition) is 2. The Kier molecular flexibility index (Phi) is 4.56. The molecular formula is C8H10O3. The summed E-state index contributed by atoms with van der Waals surface area (Å²) in [5.41, 5.74) is 0. The van der Waals surface area contributed by atoms with Crippen molar-refractivity contribution < 1.29 is 14.6 Å². The highest BCUT2D eigenvalue weighted by atomic mass is 16.5. The topological polar surface area (TPSA) is 46.5 Å². The van der Waals surface area contributed by atoms with E-state index in [2.05, 4.69) is 13.2 Å². The number of aliphatic carboxylic acids is 1. The van der Waals surface area contributed by atoms with E-state index in [9.17, 15) is 4.79 Å². The predicted molar refractivity (Wildman–Crippen MR) is 42.1 cm³/mol. The Bertz CT molecular complexity index is 192. The molecule has 1 N–H and O–H groups in total. The molecule has 0 bridgehead atoms. The van der Waals surface area contributed by atoms with E-state index in [0.29, 0.717) is 5.76 Å². The maximum atomic E-state index is 10.0. The first-order valence-electron chi connectivity index (χ1n) is 3.00. The lowest BCUT2D eigenvalue weighted by Gasteiger charge is -2.00. The lowest BCUT2D eigenvalue weighted by molar-refractivity contribution is -0.140. The fourth-order valence-corrected chi connectivity index (χ4v) is 0.436. The quantitative estimate of drug-likeness (QED) is 0.480. The summed E-state index contributed by atoms with van der Waals surface area (Å²) in [5, 5.41) is 8.21. The molecule has 0 unspecified atom stereocenters. The van der Waals surface area contributed by atoms with Crippen LogP contribution in [0.25, 0.3) is 0 Å². The minimum absolute atomic E-state index is 0.355. The summed E-state index contributed by atoms with van der Waals surface area (Å²) in [4.78, 5) is 10.0. The number of carboxylic acids is 1. The summed E-state index contributed by atoms with van der Waals surface area (Å²) >= 11 is 0. The van der Waals surface area contributed by atoms with Crippen molar-refractivity contribution in [1.82, 2.24) is 0 Å². The predicted octanol–water partition coefficient (Wildman–Crippen LogP) is 1.34. The average Bonchev–Trinajstić information content (AvgIpc) is 1.97. The van der Waals surface area contributed by atoms with E-state index in [-0.39, 0.29) is 6.61 Å². The van der Waals surface area contributed by atoms with Crippen LogP contribution in [-0.4, -0.2) is 17.7 Å². The summed E-state index contributed by atoms with van der Waals surface area (Å²) in [6.07, 6.45) is 4.46. The van der Waals surface area contributed by atoms with Gasteiger partial charge in [0, 0.05) is 0 Å². The van der Waals surface area contributed by atoms with Crippen molar-refractivity contribution in [3.8, 4) is 0 Å². The molecule has 0 rings (SSSR count). The molecule has 0 spiro atoms. The highest BCUT2D eigenvalue weighted by Gasteiger charge is 1.96.